The normalized spacial score (nSPS) is 10.2. The van der Waals surface area contributed by atoms with Crippen LogP contribution in [0.2, 0.25) is 0 Å². The minimum Gasteiger partial charge on any atom is -0.397 e. The lowest BCUT2D eigenvalue weighted by Gasteiger charge is -2.05. The van der Waals surface area contributed by atoms with Crippen LogP contribution in [0.4, 0.5) is 11.4 Å². The Bertz CT molecular complexity index is 1080. The Kier molecular flexibility index (Phi) is 6.22. The van der Waals surface area contributed by atoms with E-state index >= 15 is 0 Å². The average molecular weight is 506 g/mol. The highest BCUT2D eigenvalue weighted by atomic mass is 79.9. The molecule has 0 spiro atoms. The Labute approximate surface area is 177 Å². The maximum Gasteiger partial charge on any atom is 0.294 e. The van der Waals surface area contributed by atoms with Crippen LogP contribution in [0.15, 0.2) is 82.8 Å². The first-order valence-corrected chi connectivity index (χ1v) is 9.50. The minimum absolute atomic E-state index is 0.0439. The molecule has 0 radical (unpaired) electrons. The molecule has 28 heavy (non-hydrogen) atoms. The van der Waals surface area contributed by atoms with Crippen molar-refractivity contribution >= 4 is 43.2 Å². The van der Waals surface area contributed by atoms with E-state index in [0.717, 1.165) is 15.8 Å². The lowest BCUT2D eigenvalue weighted by atomic mass is 10.2. The van der Waals surface area contributed by atoms with Crippen molar-refractivity contribution < 1.29 is 4.92 Å². The predicted molar refractivity (Wildman–Crippen MR) is 114 cm³/mol. The van der Waals surface area contributed by atoms with Crippen molar-refractivity contribution in [1.82, 2.24) is 19.1 Å². The molecule has 2 heterocycles. The van der Waals surface area contributed by atoms with Crippen molar-refractivity contribution in [1.29, 1.82) is 0 Å². The number of benzene rings is 2. The molecule has 0 aliphatic rings. The fourth-order valence-electron chi connectivity index (χ4n) is 2.42. The Morgan fingerprint density at radius 3 is 1.93 bits per heavy atom. The standard InChI is InChI=1S/C9H6BrN3O2.C9H8BrN3/c10-7-1-2-8(9(5-7)13(14)15)12-4-3-11-6-12;10-7-1-2-9(8(11)5-7)13-4-3-12-6-13/h1-6H;1-6H,11H2. The first kappa shape index (κ1) is 19.8. The van der Waals surface area contributed by atoms with Gasteiger partial charge in [0.25, 0.3) is 5.69 Å². The number of hydrogen-bond donors (Lipinski definition) is 1. The van der Waals surface area contributed by atoms with Crippen molar-refractivity contribution in [2.45, 2.75) is 0 Å². The van der Waals surface area contributed by atoms with E-state index < -0.39 is 4.92 Å². The van der Waals surface area contributed by atoms with Gasteiger partial charge >= 0.3 is 0 Å². The van der Waals surface area contributed by atoms with Gasteiger partial charge in [-0.2, -0.15) is 0 Å². The van der Waals surface area contributed by atoms with Gasteiger partial charge in [0.05, 0.1) is 29.0 Å². The van der Waals surface area contributed by atoms with Crippen molar-refractivity contribution in [2.75, 3.05) is 5.73 Å². The van der Waals surface area contributed by atoms with Crippen LogP contribution in [0.3, 0.4) is 0 Å². The lowest BCUT2D eigenvalue weighted by Crippen LogP contribution is -1.97. The number of nitro benzene ring substituents is 1. The number of aromatic nitrogens is 4. The third-order valence-electron chi connectivity index (χ3n) is 3.69. The van der Waals surface area contributed by atoms with Crippen LogP contribution in [0.25, 0.3) is 11.4 Å². The van der Waals surface area contributed by atoms with Gasteiger partial charge in [-0.15, -0.1) is 0 Å². The molecule has 2 N–H and O–H groups in total. The summed E-state index contributed by atoms with van der Waals surface area (Å²) in [4.78, 5) is 18.2. The molecule has 0 unspecified atom stereocenters. The summed E-state index contributed by atoms with van der Waals surface area (Å²) < 4.78 is 5.14. The number of halogens is 2. The summed E-state index contributed by atoms with van der Waals surface area (Å²) in [6.45, 7) is 0. The SMILES string of the molecule is Nc1cc(Br)ccc1-n1ccnc1.O=[N+]([O-])c1cc(Br)ccc1-n1ccnc1. The molecular weight excluding hydrogens is 492 g/mol. The smallest absolute Gasteiger partial charge is 0.294 e. The quantitative estimate of drug-likeness (QED) is 0.245. The van der Waals surface area contributed by atoms with Crippen LogP contribution in [0, 0.1) is 10.1 Å². The molecule has 10 heteroatoms. The van der Waals surface area contributed by atoms with Crippen LogP contribution >= 0.6 is 31.9 Å². The fraction of sp³-hybridized carbons (Fsp3) is 0. The van der Waals surface area contributed by atoms with Crippen molar-refractivity contribution in [3.8, 4) is 11.4 Å². The van der Waals surface area contributed by atoms with Crippen LogP contribution in [0.1, 0.15) is 0 Å². The molecule has 0 aliphatic heterocycles. The van der Waals surface area contributed by atoms with Crippen LogP contribution in [-0.4, -0.2) is 24.0 Å². The van der Waals surface area contributed by atoms with E-state index in [9.17, 15) is 10.1 Å². The van der Waals surface area contributed by atoms with Gasteiger partial charge in [0.15, 0.2) is 0 Å². The van der Waals surface area contributed by atoms with Gasteiger partial charge in [0.1, 0.15) is 5.69 Å². The summed E-state index contributed by atoms with van der Waals surface area (Å²) >= 11 is 6.55. The van der Waals surface area contributed by atoms with Gasteiger partial charge in [-0.05, 0) is 30.3 Å². The number of anilines is 1. The number of nitrogen functional groups attached to an aromatic ring is 1. The zero-order valence-electron chi connectivity index (χ0n) is 14.3. The first-order chi connectivity index (χ1) is 13.5. The second kappa shape index (κ2) is 8.81. The highest BCUT2D eigenvalue weighted by Gasteiger charge is 2.14. The second-order valence-corrected chi connectivity index (χ2v) is 7.36. The molecule has 4 aromatic rings. The highest BCUT2D eigenvalue weighted by molar-refractivity contribution is 9.10. The Hall–Kier alpha value is -2.98. The summed E-state index contributed by atoms with van der Waals surface area (Å²) in [5.74, 6) is 0. The molecule has 142 valence electrons. The predicted octanol–water partition coefficient (Wildman–Crippen LogP) is 4.76. The number of nitrogens with zero attached hydrogens (tertiary/aromatic N) is 5. The number of nitro groups is 1. The maximum atomic E-state index is 10.8. The van der Waals surface area contributed by atoms with Gasteiger partial charge in [-0.1, -0.05) is 31.9 Å². The third-order valence-corrected chi connectivity index (χ3v) is 4.68. The molecule has 0 amide bonds. The van der Waals surface area contributed by atoms with Gasteiger partial charge in [0.2, 0.25) is 0 Å². The molecule has 4 rings (SSSR count). The summed E-state index contributed by atoms with van der Waals surface area (Å²) in [6.07, 6.45) is 10.1. The zero-order chi connectivity index (χ0) is 20.1. The van der Waals surface area contributed by atoms with Crippen molar-refractivity contribution in [2.24, 2.45) is 0 Å². The lowest BCUT2D eigenvalue weighted by molar-refractivity contribution is -0.384. The molecule has 0 saturated carbocycles. The minimum atomic E-state index is -0.417. The molecule has 8 nitrogen and oxygen atoms in total. The number of hydrogen-bond acceptors (Lipinski definition) is 5. The summed E-state index contributed by atoms with van der Waals surface area (Å²) in [5.41, 5.74) is 8.05. The third kappa shape index (κ3) is 4.65. The van der Waals surface area contributed by atoms with Crippen molar-refractivity contribution in [3.63, 3.8) is 0 Å². The highest BCUT2D eigenvalue weighted by Crippen LogP contribution is 2.26. The van der Waals surface area contributed by atoms with E-state index in [1.165, 1.54) is 12.4 Å². The largest absolute Gasteiger partial charge is 0.397 e. The van der Waals surface area contributed by atoms with Crippen molar-refractivity contribution in [3.05, 3.63) is 92.9 Å². The summed E-state index contributed by atoms with van der Waals surface area (Å²) in [6, 6.07) is 10.7. The molecule has 0 aliphatic carbocycles. The van der Waals surface area contributed by atoms with Gasteiger partial charge in [-0.3, -0.25) is 10.1 Å². The fourth-order valence-corrected chi connectivity index (χ4v) is 3.15. The van der Waals surface area contributed by atoms with E-state index in [4.69, 9.17) is 5.73 Å². The molecule has 0 bridgehead atoms. The average Bonchev–Trinajstić information content (AvgIpc) is 3.36. The number of rotatable bonds is 3. The molecule has 0 fully saturated rings. The zero-order valence-corrected chi connectivity index (χ0v) is 17.5. The van der Waals surface area contributed by atoms with Crippen LogP contribution < -0.4 is 5.73 Å². The summed E-state index contributed by atoms with van der Waals surface area (Å²) in [7, 11) is 0. The molecular formula is C18H14Br2N6O2. The number of imidazole rings is 2. The molecule has 2 aromatic heterocycles. The summed E-state index contributed by atoms with van der Waals surface area (Å²) in [5, 5.41) is 10.8. The monoisotopic (exact) mass is 504 g/mol. The molecule has 0 saturated heterocycles. The van der Waals surface area contributed by atoms with Gasteiger partial charge in [-0.25, -0.2) is 9.97 Å². The maximum absolute atomic E-state index is 10.8. The van der Waals surface area contributed by atoms with E-state index in [1.54, 1.807) is 41.6 Å². The van der Waals surface area contributed by atoms with E-state index in [1.807, 2.05) is 29.0 Å². The first-order valence-electron chi connectivity index (χ1n) is 7.91. The molecule has 0 atom stereocenters. The van der Waals surface area contributed by atoms with Gasteiger partial charge < -0.3 is 14.9 Å². The Morgan fingerprint density at radius 1 is 0.893 bits per heavy atom. The topological polar surface area (TPSA) is 105 Å². The van der Waals surface area contributed by atoms with E-state index in [0.29, 0.717) is 10.2 Å². The van der Waals surface area contributed by atoms with E-state index in [2.05, 4.69) is 41.8 Å². The molecule has 2 aromatic carbocycles. The Balaban J connectivity index is 0.000000162. The van der Waals surface area contributed by atoms with Crippen LogP contribution in [-0.2, 0) is 0 Å². The van der Waals surface area contributed by atoms with Gasteiger partial charge in [0, 0.05) is 39.8 Å². The Morgan fingerprint density at radius 2 is 1.43 bits per heavy atom. The van der Waals surface area contributed by atoms with Crippen LogP contribution in [0.5, 0.6) is 0 Å². The van der Waals surface area contributed by atoms with E-state index in [-0.39, 0.29) is 5.69 Å². The second-order valence-electron chi connectivity index (χ2n) is 5.53. The number of nitrogens with two attached hydrogens (primary N) is 1.